The van der Waals surface area contributed by atoms with Gasteiger partial charge in [0, 0.05) is 5.56 Å². The van der Waals surface area contributed by atoms with E-state index in [1.54, 1.807) is 50.2 Å². The zero-order valence-electron chi connectivity index (χ0n) is 14.8. The Morgan fingerprint density at radius 3 is 2.15 bits per heavy atom. The Kier molecular flexibility index (Phi) is 5.63. The number of benzene rings is 2. The van der Waals surface area contributed by atoms with Gasteiger partial charge in [-0.25, -0.2) is 0 Å². The maximum absolute atomic E-state index is 12.5. The molecule has 0 radical (unpaired) electrons. The molecular formula is C20H20N2O4. The van der Waals surface area contributed by atoms with Crippen molar-refractivity contribution in [3.05, 3.63) is 65.2 Å². The number of nitrogens with one attached hydrogen (secondary N) is 1. The van der Waals surface area contributed by atoms with E-state index in [0.717, 1.165) is 0 Å². The number of nitriles is 1. The molecule has 0 aromatic heterocycles. The van der Waals surface area contributed by atoms with Gasteiger partial charge >= 0.3 is 5.97 Å². The van der Waals surface area contributed by atoms with Crippen LogP contribution in [0.15, 0.2) is 48.5 Å². The van der Waals surface area contributed by atoms with E-state index in [0.29, 0.717) is 22.4 Å². The maximum atomic E-state index is 12.5. The molecule has 6 heteroatoms. The number of methoxy groups -OCH3 is 1. The molecule has 1 atom stereocenters. The van der Waals surface area contributed by atoms with E-state index in [9.17, 15) is 14.7 Å². The second kappa shape index (κ2) is 7.70. The summed E-state index contributed by atoms with van der Waals surface area (Å²) in [5.41, 5.74) is 0.313. The average Bonchev–Trinajstić information content (AvgIpc) is 2.61. The molecule has 0 aliphatic rings. The van der Waals surface area contributed by atoms with Crippen molar-refractivity contribution in [1.82, 2.24) is 5.32 Å². The van der Waals surface area contributed by atoms with E-state index < -0.39 is 23.3 Å². The molecule has 26 heavy (non-hydrogen) atoms. The molecule has 2 aromatic carbocycles. The molecule has 2 N–H and O–H groups in total. The Morgan fingerprint density at radius 2 is 1.69 bits per heavy atom. The van der Waals surface area contributed by atoms with Gasteiger partial charge in [0.05, 0.1) is 24.3 Å². The molecule has 0 fully saturated rings. The molecule has 0 aliphatic carbocycles. The summed E-state index contributed by atoms with van der Waals surface area (Å²) < 4.78 is 5.10. The Morgan fingerprint density at radius 1 is 1.12 bits per heavy atom. The zero-order chi connectivity index (χ0) is 19.3. The predicted molar refractivity (Wildman–Crippen MR) is 96.1 cm³/mol. The number of carbonyl (C=O) groups excluding carboxylic acids is 1. The van der Waals surface area contributed by atoms with Gasteiger partial charge in [-0.05, 0) is 55.8 Å². The first-order valence-corrected chi connectivity index (χ1v) is 7.98. The highest BCUT2D eigenvalue weighted by Gasteiger charge is 2.38. The Balaban J connectivity index is 2.26. The lowest BCUT2D eigenvalue weighted by atomic mass is 9.81. The highest BCUT2D eigenvalue weighted by molar-refractivity contribution is 5.95. The molecule has 1 unspecified atom stereocenters. The Labute approximate surface area is 152 Å². The Hall–Kier alpha value is -3.33. The van der Waals surface area contributed by atoms with Crippen molar-refractivity contribution in [2.45, 2.75) is 25.3 Å². The van der Waals surface area contributed by atoms with Crippen LogP contribution in [0.1, 0.15) is 41.3 Å². The normalized spacial score (nSPS) is 11.9. The van der Waals surface area contributed by atoms with Crippen molar-refractivity contribution in [2.75, 3.05) is 7.11 Å². The number of carboxylic acid groups (broad SMARTS) is 1. The summed E-state index contributed by atoms with van der Waals surface area (Å²) in [5, 5.41) is 21.3. The second-order valence-electron chi connectivity index (χ2n) is 6.41. The van der Waals surface area contributed by atoms with Gasteiger partial charge in [-0.1, -0.05) is 12.1 Å². The topological polar surface area (TPSA) is 99.4 Å². The van der Waals surface area contributed by atoms with Crippen LogP contribution in [0.2, 0.25) is 0 Å². The monoisotopic (exact) mass is 352 g/mol. The highest BCUT2D eigenvalue weighted by Crippen LogP contribution is 2.30. The number of nitrogens with zero attached hydrogens (tertiary/aromatic N) is 1. The van der Waals surface area contributed by atoms with Gasteiger partial charge in [-0.15, -0.1) is 0 Å². The molecule has 1 amide bonds. The minimum Gasteiger partial charge on any atom is -0.497 e. The maximum Gasteiger partial charge on any atom is 0.313 e. The zero-order valence-corrected chi connectivity index (χ0v) is 14.8. The van der Waals surface area contributed by atoms with Gasteiger partial charge in [-0.2, -0.15) is 5.26 Å². The van der Waals surface area contributed by atoms with E-state index in [1.807, 2.05) is 6.07 Å². The Bertz CT molecular complexity index is 834. The largest absolute Gasteiger partial charge is 0.497 e. The molecule has 0 saturated heterocycles. The summed E-state index contributed by atoms with van der Waals surface area (Å²) in [5.74, 6) is -1.77. The summed E-state index contributed by atoms with van der Waals surface area (Å²) in [6.07, 6.45) is 0. The lowest BCUT2D eigenvalue weighted by molar-refractivity contribution is -0.140. The quantitative estimate of drug-likeness (QED) is 0.833. The number of ether oxygens (including phenoxy) is 1. The van der Waals surface area contributed by atoms with Gasteiger partial charge in [-0.3, -0.25) is 9.59 Å². The van der Waals surface area contributed by atoms with Crippen molar-refractivity contribution in [1.29, 1.82) is 5.26 Å². The SMILES string of the molecule is COc1ccc(C(C(=O)O)C(C)(C)NC(=O)c2ccc(C#N)cc2)cc1. The third-order valence-electron chi connectivity index (χ3n) is 4.13. The molecule has 0 heterocycles. The van der Waals surface area contributed by atoms with Crippen LogP contribution in [-0.4, -0.2) is 29.6 Å². The smallest absolute Gasteiger partial charge is 0.313 e. The number of aliphatic carboxylic acids is 1. The van der Waals surface area contributed by atoms with Crippen molar-refractivity contribution >= 4 is 11.9 Å². The fourth-order valence-corrected chi connectivity index (χ4v) is 2.80. The van der Waals surface area contributed by atoms with Crippen LogP contribution in [0.3, 0.4) is 0 Å². The van der Waals surface area contributed by atoms with Crippen molar-refractivity contribution in [3.63, 3.8) is 0 Å². The minimum absolute atomic E-state index is 0.357. The lowest BCUT2D eigenvalue weighted by Gasteiger charge is -2.33. The van der Waals surface area contributed by atoms with Crippen molar-refractivity contribution in [2.24, 2.45) is 0 Å². The third kappa shape index (κ3) is 4.19. The van der Waals surface area contributed by atoms with E-state index in [2.05, 4.69) is 5.32 Å². The first-order valence-electron chi connectivity index (χ1n) is 7.98. The first-order chi connectivity index (χ1) is 12.3. The lowest BCUT2D eigenvalue weighted by Crippen LogP contribution is -2.50. The number of hydrogen-bond donors (Lipinski definition) is 2. The van der Waals surface area contributed by atoms with E-state index in [4.69, 9.17) is 10.00 Å². The fraction of sp³-hybridized carbons (Fsp3) is 0.250. The highest BCUT2D eigenvalue weighted by atomic mass is 16.5. The van der Waals surface area contributed by atoms with Crippen LogP contribution in [-0.2, 0) is 4.79 Å². The second-order valence-corrected chi connectivity index (χ2v) is 6.41. The molecular weight excluding hydrogens is 332 g/mol. The number of hydrogen-bond acceptors (Lipinski definition) is 4. The predicted octanol–water partition coefficient (Wildman–Crippen LogP) is 2.94. The molecule has 0 spiro atoms. The van der Waals surface area contributed by atoms with Gasteiger partial charge in [0.2, 0.25) is 0 Å². The van der Waals surface area contributed by atoms with E-state index in [-0.39, 0.29) is 0 Å². The number of carbonyl (C=O) groups is 2. The van der Waals surface area contributed by atoms with Crippen LogP contribution < -0.4 is 10.1 Å². The van der Waals surface area contributed by atoms with E-state index in [1.165, 1.54) is 19.2 Å². The molecule has 0 bridgehead atoms. The minimum atomic E-state index is -1.05. The van der Waals surface area contributed by atoms with Crippen LogP contribution >= 0.6 is 0 Å². The van der Waals surface area contributed by atoms with Crippen LogP contribution in [0.4, 0.5) is 0 Å². The molecule has 2 aromatic rings. The van der Waals surface area contributed by atoms with Crippen molar-refractivity contribution in [3.8, 4) is 11.8 Å². The number of carboxylic acids is 1. The van der Waals surface area contributed by atoms with Crippen LogP contribution in [0.5, 0.6) is 5.75 Å². The molecule has 2 rings (SSSR count). The standard InChI is InChI=1S/C20H20N2O4/c1-20(2,22-18(23)15-6-4-13(12-21)5-7-15)17(19(24)25)14-8-10-16(26-3)11-9-14/h4-11,17H,1-3H3,(H,22,23)(H,24,25). The van der Waals surface area contributed by atoms with Gasteiger partial charge in [0.25, 0.3) is 5.91 Å². The molecule has 134 valence electrons. The van der Waals surface area contributed by atoms with Crippen LogP contribution in [0, 0.1) is 11.3 Å². The van der Waals surface area contributed by atoms with Gasteiger partial charge in [0.15, 0.2) is 0 Å². The summed E-state index contributed by atoms with van der Waals surface area (Å²) in [6.45, 7) is 3.33. The van der Waals surface area contributed by atoms with Gasteiger partial charge in [0.1, 0.15) is 11.7 Å². The van der Waals surface area contributed by atoms with Crippen molar-refractivity contribution < 1.29 is 19.4 Å². The molecule has 0 saturated carbocycles. The summed E-state index contributed by atoms with van der Waals surface area (Å²) >= 11 is 0. The van der Waals surface area contributed by atoms with Gasteiger partial charge < -0.3 is 15.2 Å². The summed E-state index contributed by atoms with van der Waals surface area (Å²) in [7, 11) is 1.53. The first kappa shape index (κ1) is 19.0. The molecule has 6 nitrogen and oxygen atoms in total. The summed E-state index contributed by atoms with van der Waals surface area (Å²) in [6, 6.07) is 14.9. The molecule has 0 aliphatic heterocycles. The fourth-order valence-electron chi connectivity index (χ4n) is 2.80. The van der Waals surface area contributed by atoms with Crippen LogP contribution in [0.25, 0.3) is 0 Å². The number of amides is 1. The average molecular weight is 352 g/mol. The van der Waals surface area contributed by atoms with E-state index >= 15 is 0 Å². The number of rotatable bonds is 6. The summed E-state index contributed by atoms with van der Waals surface area (Å²) in [4.78, 5) is 24.4. The third-order valence-corrected chi connectivity index (χ3v) is 4.13.